The summed E-state index contributed by atoms with van der Waals surface area (Å²) in [7, 11) is 0. The molecule has 0 bridgehead atoms. The van der Waals surface area contributed by atoms with E-state index in [4.69, 9.17) is 9.84 Å². The zero-order valence-electron chi connectivity index (χ0n) is 18.5. The number of benzene rings is 2. The lowest BCUT2D eigenvalue weighted by molar-refractivity contribution is -0.130. The summed E-state index contributed by atoms with van der Waals surface area (Å²) in [6.07, 6.45) is 1.82. The lowest BCUT2D eigenvalue weighted by Crippen LogP contribution is -2.54. The van der Waals surface area contributed by atoms with Crippen LogP contribution in [0.25, 0.3) is 0 Å². The minimum atomic E-state index is -0.957. The molecule has 3 rings (SSSR count). The first-order valence-electron chi connectivity index (χ1n) is 10.8. The van der Waals surface area contributed by atoms with Crippen molar-refractivity contribution in [3.63, 3.8) is 0 Å². The van der Waals surface area contributed by atoms with E-state index in [0.717, 1.165) is 30.7 Å². The summed E-state index contributed by atoms with van der Waals surface area (Å²) < 4.78 is 5.85. The molecule has 0 spiro atoms. The molecule has 2 aromatic carbocycles. The van der Waals surface area contributed by atoms with Crippen LogP contribution in [-0.2, 0) is 4.79 Å². The van der Waals surface area contributed by atoms with Crippen molar-refractivity contribution in [2.24, 2.45) is 5.41 Å². The number of piperidine rings is 1. The molecule has 1 heterocycles. The van der Waals surface area contributed by atoms with E-state index in [9.17, 15) is 9.59 Å². The summed E-state index contributed by atoms with van der Waals surface area (Å²) >= 11 is 0. The van der Waals surface area contributed by atoms with Gasteiger partial charge in [-0.15, -0.1) is 0 Å². The van der Waals surface area contributed by atoms with Crippen LogP contribution in [-0.4, -0.2) is 47.6 Å². The highest BCUT2D eigenvalue weighted by molar-refractivity contribution is 5.87. The molecular weight excluding hydrogens is 392 g/mol. The van der Waals surface area contributed by atoms with Gasteiger partial charge in [-0.3, -0.25) is 9.69 Å². The van der Waals surface area contributed by atoms with Crippen molar-refractivity contribution in [2.45, 2.75) is 45.7 Å². The topological polar surface area (TPSA) is 78.9 Å². The zero-order chi connectivity index (χ0) is 22.4. The number of rotatable bonds is 8. The van der Waals surface area contributed by atoms with Gasteiger partial charge in [0.1, 0.15) is 12.4 Å². The van der Waals surface area contributed by atoms with E-state index in [1.807, 2.05) is 37.3 Å². The third-order valence-corrected chi connectivity index (χ3v) is 5.97. The van der Waals surface area contributed by atoms with Gasteiger partial charge in [-0.05, 0) is 61.6 Å². The van der Waals surface area contributed by atoms with Gasteiger partial charge in [0.2, 0.25) is 5.91 Å². The summed E-state index contributed by atoms with van der Waals surface area (Å²) in [5, 5.41) is 12.2. The summed E-state index contributed by atoms with van der Waals surface area (Å²) in [6, 6.07) is 15.9. The van der Waals surface area contributed by atoms with E-state index in [0.29, 0.717) is 13.2 Å². The maximum atomic E-state index is 13.2. The van der Waals surface area contributed by atoms with Crippen LogP contribution in [0.3, 0.4) is 0 Å². The Hall–Kier alpha value is -2.86. The predicted molar refractivity (Wildman–Crippen MR) is 120 cm³/mol. The average Bonchev–Trinajstić information content (AvgIpc) is 2.75. The molecule has 0 aliphatic carbocycles. The van der Waals surface area contributed by atoms with E-state index in [1.54, 1.807) is 24.3 Å². The van der Waals surface area contributed by atoms with Crippen molar-refractivity contribution in [2.75, 3.05) is 19.7 Å². The van der Waals surface area contributed by atoms with Crippen molar-refractivity contribution < 1.29 is 19.4 Å². The number of carboxylic acid groups (broad SMARTS) is 1. The van der Waals surface area contributed by atoms with Crippen molar-refractivity contribution in [3.8, 4) is 5.75 Å². The van der Waals surface area contributed by atoms with Crippen molar-refractivity contribution in [3.05, 3.63) is 65.7 Å². The molecule has 6 heteroatoms. The molecule has 1 aliphatic rings. The first-order valence-corrected chi connectivity index (χ1v) is 10.8. The molecule has 2 aromatic rings. The predicted octanol–water partition coefficient (Wildman–Crippen LogP) is 4.13. The van der Waals surface area contributed by atoms with Crippen LogP contribution in [0.2, 0.25) is 0 Å². The lowest BCUT2D eigenvalue weighted by Gasteiger charge is -2.42. The van der Waals surface area contributed by atoms with Crippen LogP contribution < -0.4 is 10.1 Å². The van der Waals surface area contributed by atoms with E-state index < -0.39 is 5.97 Å². The number of nitrogens with one attached hydrogen (secondary N) is 1. The second-order valence-electron chi connectivity index (χ2n) is 8.99. The van der Waals surface area contributed by atoms with Crippen molar-refractivity contribution in [1.29, 1.82) is 0 Å². The Morgan fingerprint density at radius 1 is 1.16 bits per heavy atom. The van der Waals surface area contributed by atoms with Gasteiger partial charge in [0.15, 0.2) is 0 Å². The van der Waals surface area contributed by atoms with Crippen molar-refractivity contribution >= 4 is 11.9 Å². The second-order valence-corrected chi connectivity index (χ2v) is 8.99. The SMILES string of the molecule is C[C@H](NC(=O)C1CC(C)(C)CCN1CCOc1ccccc1)c1ccc(C(=O)O)cc1. The fourth-order valence-electron chi connectivity index (χ4n) is 3.99. The van der Waals surface area contributed by atoms with Gasteiger partial charge in [0.25, 0.3) is 0 Å². The molecule has 1 saturated heterocycles. The zero-order valence-corrected chi connectivity index (χ0v) is 18.5. The number of nitrogens with zero attached hydrogens (tertiary/aromatic N) is 1. The summed E-state index contributed by atoms with van der Waals surface area (Å²) in [5.74, 6) is -0.123. The van der Waals surface area contributed by atoms with Crippen LogP contribution in [0.4, 0.5) is 0 Å². The number of likely N-dealkylation sites (tertiary alicyclic amines) is 1. The van der Waals surface area contributed by atoms with Crippen LogP contribution in [0.5, 0.6) is 5.75 Å². The molecule has 0 aromatic heterocycles. The highest BCUT2D eigenvalue weighted by Gasteiger charge is 2.37. The maximum absolute atomic E-state index is 13.2. The molecule has 1 fully saturated rings. The standard InChI is InChI=1S/C25H32N2O4/c1-18(19-9-11-20(12-10-19)24(29)30)26-23(28)22-17-25(2,3)13-14-27(22)15-16-31-21-7-5-4-6-8-21/h4-12,18,22H,13-17H2,1-3H3,(H,26,28)(H,29,30)/t18-,22?/m0/s1. The molecule has 31 heavy (non-hydrogen) atoms. The Balaban J connectivity index is 1.62. The maximum Gasteiger partial charge on any atom is 0.335 e. The smallest absolute Gasteiger partial charge is 0.335 e. The summed E-state index contributed by atoms with van der Waals surface area (Å²) in [5.41, 5.74) is 1.22. The largest absolute Gasteiger partial charge is 0.492 e. The Morgan fingerprint density at radius 3 is 2.48 bits per heavy atom. The number of carboxylic acids is 1. The first-order chi connectivity index (χ1) is 14.7. The Morgan fingerprint density at radius 2 is 1.84 bits per heavy atom. The molecule has 0 saturated carbocycles. The van der Waals surface area contributed by atoms with Gasteiger partial charge in [-0.2, -0.15) is 0 Å². The number of aromatic carboxylic acids is 1. The summed E-state index contributed by atoms with van der Waals surface area (Å²) in [6.45, 7) is 8.40. The number of para-hydroxylation sites is 1. The number of hydrogen-bond acceptors (Lipinski definition) is 4. The lowest BCUT2D eigenvalue weighted by atomic mass is 9.78. The van der Waals surface area contributed by atoms with Gasteiger partial charge < -0.3 is 15.2 Å². The molecule has 1 aliphatic heterocycles. The fourth-order valence-corrected chi connectivity index (χ4v) is 3.99. The minimum Gasteiger partial charge on any atom is -0.492 e. The monoisotopic (exact) mass is 424 g/mol. The minimum absolute atomic E-state index is 0.00213. The Kier molecular flexibility index (Phi) is 7.33. The van der Waals surface area contributed by atoms with Gasteiger partial charge in [0, 0.05) is 6.54 Å². The molecule has 166 valence electrons. The quantitative estimate of drug-likeness (QED) is 0.666. The highest BCUT2D eigenvalue weighted by Crippen LogP contribution is 2.34. The molecule has 1 unspecified atom stereocenters. The number of hydrogen-bond donors (Lipinski definition) is 2. The van der Waals surface area contributed by atoms with E-state index in [-0.39, 0.29) is 29.0 Å². The molecule has 6 nitrogen and oxygen atoms in total. The van der Waals surface area contributed by atoms with Crippen LogP contribution in [0.15, 0.2) is 54.6 Å². The molecule has 1 amide bonds. The molecule has 0 radical (unpaired) electrons. The third-order valence-electron chi connectivity index (χ3n) is 5.97. The van der Waals surface area contributed by atoms with Gasteiger partial charge in [-0.25, -0.2) is 4.79 Å². The highest BCUT2D eigenvalue weighted by atomic mass is 16.5. The number of carbonyl (C=O) groups is 2. The first kappa shape index (κ1) is 22.8. The van der Waals surface area contributed by atoms with Crippen LogP contribution in [0, 0.1) is 5.41 Å². The molecular formula is C25H32N2O4. The molecule has 2 atom stereocenters. The van der Waals surface area contributed by atoms with Gasteiger partial charge in [-0.1, -0.05) is 44.2 Å². The van der Waals surface area contributed by atoms with E-state index in [1.165, 1.54) is 0 Å². The van der Waals surface area contributed by atoms with E-state index >= 15 is 0 Å². The normalized spacial score (nSPS) is 19.4. The number of ether oxygens (including phenoxy) is 1. The number of amides is 1. The van der Waals surface area contributed by atoms with Crippen LogP contribution in [0.1, 0.15) is 55.6 Å². The summed E-state index contributed by atoms with van der Waals surface area (Å²) in [4.78, 5) is 26.5. The second kappa shape index (κ2) is 9.96. The van der Waals surface area contributed by atoms with Gasteiger partial charge in [0.05, 0.1) is 17.6 Å². The molecule has 2 N–H and O–H groups in total. The Labute approximate surface area is 184 Å². The van der Waals surface area contributed by atoms with Crippen molar-refractivity contribution in [1.82, 2.24) is 10.2 Å². The van der Waals surface area contributed by atoms with Crippen LogP contribution >= 0.6 is 0 Å². The van der Waals surface area contributed by atoms with Gasteiger partial charge >= 0.3 is 5.97 Å². The van der Waals surface area contributed by atoms with E-state index in [2.05, 4.69) is 24.1 Å². The Bertz CT molecular complexity index is 880. The third kappa shape index (κ3) is 6.31. The average molecular weight is 425 g/mol. The number of carbonyl (C=O) groups excluding carboxylic acids is 1. The fraction of sp³-hybridized carbons (Fsp3) is 0.440.